The highest BCUT2D eigenvalue weighted by atomic mass is 15.3. The second-order valence-electron chi connectivity index (χ2n) is 6.29. The minimum Gasteiger partial charge on any atom is -0.361 e. The van der Waals surface area contributed by atoms with Crippen LogP contribution >= 0.6 is 0 Å². The average Bonchev–Trinajstić information content (AvgIpc) is 3.21. The third-order valence-corrected chi connectivity index (χ3v) is 4.59. The van der Waals surface area contributed by atoms with Crippen molar-refractivity contribution in [1.82, 2.24) is 24.9 Å². The molecule has 0 saturated carbocycles. The molecule has 3 rings (SSSR count). The van der Waals surface area contributed by atoms with Crippen molar-refractivity contribution in [1.29, 1.82) is 0 Å². The van der Waals surface area contributed by atoms with Crippen molar-refractivity contribution in [3.05, 3.63) is 35.8 Å². The van der Waals surface area contributed by atoms with Gasteiger partial charge in [-0.05, 0) is 44.5 Å². The zero-order chi connectivity index (χ0) is 16.2. The fourth-order valence-electron chi connectivity index (χ4n) is 3.30. The van der Waals surface area contributed by atoms with Gasteiger partial charge in [0.15, 0.2) is 5.82 Å². The van der Waals surface area contributed by atoms with Gasteiger partial charge in [0.2, 0.25) is 0 Å². The quantitative estimate of drug-likeness (QED) is 0.817. The first-order chi connectivity index (χ1) is 11.2. The van der Waals surface area contributed by atoms with Crippen LogP contribution in [0.3, 0.4) is 0 Å². The predicted octanol–water partition coefficient (Wildman–Crippen LogP) is 2.14. The minimum absolute atomic E-state index is 0.400. The van der Waals surface area contributed by atoms with Crippen LogP contribution < -0.4 is 4.90 Å². The van der Waals surface area contributed by atoms with Gasteiger partial charge in [0.05, 0.1) is 11.7 Å². The summed E-state index contributed by atoms with van der Waals surface area (Å²) in [4.78, 5) is 4.52. The van der Waals surface area contributed by atoms with Gasteiger partial charge in [0, 0.05) is 45.5 Å². The Bertz CT molecular complexity index is 618. The second-order valence-corrected chi connectivity index (χ2v) is 6.29. The Hall–Kier alpha value is -1.95. The molecule has 2 aromatic heterocycles. The van der Waals surface area contributed by atoms with E-state index in [4.69, 9.17) is 0 Å². The summed E-state index contributed by atoms with van der Waals surface area (Å²) in [6.45, 7) is 5.26. The molecule has 1 unspecified atom stereocenters. The molecule has 0 bridgehead atoms. The van der Waals surface area contributed by atoms with E-state index in [9.17, 15) is 0 Å². The summed E-state index contributed by atoms with van der Waals surface area (Å²) in [5.41, 5.74) is 2.41. The Balaban J connectivity index is 1.65. The summed E-state index contributed by atoms with van der Waals surface area (Å²) in [5, 5.41) is 13.1. The van der Waals surface area contributed by atoms with E-state index in [1.807, 2.05) is 25.2 Å². The molecule has 0 aromatic carbocycles. The van der Waals surface area contributed by atoms with E-state index in [-0.39, 0.29) is 0 Å². The number of nitrogens with zero attached hydrogens (tertiary/aromatic N) is 6. The third-order valence-electron chi connectivity index (χ3n) is 4.59. The molecular weight excluding hydrogens is 288 g/mol. The van der Waals surface area contributed by atoms with Crippen LogP contribution in [-0.2, 0) is 13.0 Å². The Morgan fingerprint density at radius 3 is 2.78 bits per heavy atom. The van der Waals surface area contributed by atoms with Gasteiger partial charge in [0.25, 0.3) is 0 Å². The van der Waals surface area contributed by atoms with Gasteiger partial charge < -0.3 is 4.90 Å². The molecule has 2 aromatic rings. The van der Waals surface area contributed by atoms with E-state index in [0.717, 1.165) is 37.6 Å². The first-order valence-corrected chi connectivity index (χ1v) is 8.44. The fraction of sp³-hybridized carbons (Fsp3) is 0.588. The van der Waals surface area contributed by atoms with Crippen molar-refractivity contribution in [2.75, 3.05) is 32.1 Å². The molecule has 124 valence electrons. The van der Waals surface area contributed by atoms with Gasteiger partial charge in [-0.3, -0.25) is 9.58 Å². The maximum atomic E-state index is 4.46. The molecule has 3 heterocycles. The summed E-state index contributed by atoms with van der Waals surface area (Å²) in [6.07, 6.45) is 5.33. The highest BCUT2D eigenvalue weighted by molar-refractivity contribution is 5.35. The lowest BCUT2D eigenvalue weighted by atomic mass is 10.1. The van der Waals surface area contributed by atoms with E-state index in [2.05, 4.69) is 50.0 Å². The van der Waals surface area contributed by atoms with Gasteiger partial charge in [0.1, 0.15) is 0 Å². The second kappa shape index (κ2) is 7.08. The normalized spacial score (nSPS) is 18.5. The minimum atomic E-state index is 0.400. The molecule has 0 aliphatic carbocycles. The smallest absolute Gasteiger partial charge is 0.150 e. The van der Waals surface area contributed by atoms with Crippen LogP contribution in [0, 0.1) is 0 Å². The third kappa shape index (κ3) is 3.52. The lowest BCUT2D eigenvalue weighted by molar-refractivity contribution is 0.253. The van der Waals surface area contributed by atoms with Gasteiger partial charge >= 0.3 is 0 Å². The topological polar surface area (TPSA) is 50.1 Å². The first kappa shape index (κ1) is 15.9. The van der Waals surface area contributed by atoms with Crippen molar-refractivity contribution < 1.29 is 0 Å². The summed E-state index contributed by atoms with van der Waals surface area (Å²) >= 11 is 0. The van der Waals surface area contributed by atoms with Gasteiger partial charge in [-0.2, -0.15) is 10.2 Å². The molecule has 6 heteroatoms. The Kier molecular flexibility index (Phi) is 4.91. The van der Waals surface area contributed by atoms with Gasteiger partial charge in [-0.1, -0.05) is 0 Å². The molecule has 23 heavy (non-hydrogen) atoms. The number of hydrogen-bond acceptors (Lipinski definition) is 5. The first-order valence-electron chi connectivity index (χ1n) is 8.44. The molecule has 6 nitrogen and oxygen atoms in total. The van der Waals surface area contributed by atoms with E-state index < -0.39 is 0 Å². The molecule has 1 atom stereocenters. The zero-order valence-electron chi connectivity index (χ0n) is 14.3. The Morgan fingerprint density at radius 1 is 1.22 bits per heavy atom. The highest BCUT2D eigenvalue weighted by Gasteiger charge is 2.27. The Labute approximate surface area is 138 Å². The van der Waals surface area contributed by atoms with Crippen LogP contribution in [0.25, 0.3) is 0 Å². The number of aromatic nitrogens is 4. The summed E-state index contributed by atoms with van der Waals surface area (Å²) in [7, 11) is 3.98. The lowest BCUT2D eigenvalue weighted by Crippen LogP contribution is -2.27. The number of hydrogen-bond donors (Lipinski definition) is 0. The standard InChI is InChI=1S/C17H26N6/c1-4-23-14(9-11-18-23)10-13-22-12-5-6-16(22)15-7-8-17(20-19-15)21(2)3/h7-9,11,16H,4-6,10,12-13H2,1-3H3. The summed E-state index contributed by atoms with van der Waals surface area (Å²) in [5.74, 6) is 0.908. The molecule has 0 amide bonds. The predicted molar refractivity (Wildman–Crippen MR) is 91.5 cm³/mol. The molecule has 1 aliphatic rings. The maximum absolute atomic E-state index is 4.46. The molecule has 0 radical (unpaired) electrons. The van der Waals surface area contributed by atoms with E-state index in [0.29, 0.717) is 6.04 Å². The monoisotopic (exact) mass is 314 g/mol. The maximum Gasteiger partial charge on any atom is 0.150 e. The lowest BCUT2D eigenvalue weighted by Gasteiger charge is -2.24. The molecule has 0 N–H and O–H groups in total. The largest absolute Gasteiger partial charge is 0.361 e. The van der Waals surface area contributed by atoms with Crippen molar-refractivity contribution in [3.63, 3.8) is 0 Å². The zero-order valence-corrected chi connectivity index (χ0v) is 14.3. The summed E-state index contributed by atoms with van der Waals surface area (Å²) in [6, 6.07) is 6.71. The van der Waals surface area contributed by atoms with Crippen molar-refractivity contribution in [2.45, 2.75) is 38.8 Å². The van der Waals surface area contributed by atoms with E-state index in [1.165, 1.54) is 18.5 Å². The molecule has 1 saturated heterocycles. The van der Waals surface area contributed by atoms with Crippen molar-refractivity contribution in [3.8, 4) is 0 Å². The number of aryl methyl sites for hydroxylation is 1. The highest BCUT2D eigenvalue weighted by Crippen LogP contribution is 2.30. The molecule has 1 aliphatic heterocycles. The number of likely N-dealkylation sites (tertiary alicyclic amines) is 1. The van der Waals surface area contributed by atoms with Crippen LogP contribution in [0.2, 0.25) is 0 Å². The van der Waals surface area contributed by atoms with Crippen LogP contribution in [0.15, 0.2) is 24.4 Å². The SMILES string of the molecule is CCn1nccc1CCN1CCCC1c1ccc(N(C)C)nn1. The van der Waals surface area contributed by atoms with E-state index >= 15 is 0 Å². The van der Waals surface area contributed by atoms with Crippen LogP contribution in [0.5, 0.6) is 0 Å². The van der Waals surface area contributed by atoms with Crippen LogP contribution in [0.1, 0.15) is 37.2 Å². The number of rotatable bonds is 6. The summed E-state index contributed by atoms with van der Waals surface area (Å²) < 4.78 is 2.08. The van der Waals surface area contributed by atoms with Gasteiger partial charge in [-0.15, -0.1) is 5.10 Å². The van der Waals surface area contributed by atoms with Crippen molar-refractivity contribution in [2.24, 2.45) is 0 Å². The molecule has 0 spiro atoms. The van der Waals surface area contributed by atoms with Crippen molar-refractivity contribution >= 4 is 5.82 Å². The van der Waals surface area contributed by atoms with E-state index in [1.54, 1.807) is 0 Å². The van der Waals surface area contributed by atoms with Gasteiger partial charge in [-0.25, -0.2) is 0 Å². The molecular formula is C17H26N6. The number of anilines is 1. The Morgan fingerprint density at radius 2 is 2.09 bits per heavy atom. The fourth-order valence-corrected chi connectivity index (χ4v) is 3.30. The average molecular weight is 314 g/mol. The van der Waals surface area contributed by atoms with Crippen LogP contribution in [0.4, 0.5) is 5.82 Å². The van der Waals surface area contributed by atoms with Crippen LogP contribution in [-0.4, -0.2) is 52.1 Å². The molecule has 1 fully saturated rings.